The quantitative estimate of drug-likeness (QED) is 0.313. The number of imidazole rings is 1. The molecule has 0 saturated carbocycles. The van der Waals surface area contributed by atoms with E-state index >= 15 is 0 Å². The lowest BCUT2D eigenvalue weighted by Gasteiger charge is -2.10. The zero-order valence-electron chi connectivity index (χ0n) is 16.0. The van der Waals surface area contributed by atoms with Crippen LogP contribution in [-0.4, -0.2) is 47.0 Å². The Hall–Kier alpha value is -1.84. The van der Waals surface area contributed by atoms with Crippen LogP contribution in [0.4, 0.5) is 5.82 Å². The van der Waals surface area contributed by atoms with Crippen molar-refractivity contribution < 1.29 is 17.9 Å². The normalized spacial score (nSPS) is 13.3. The van der Waals surface area contributed by atoms with Gasteiger partial charge < -0.3 is 19.8 Å². The molecule has 0 spiro atoms. The fourth-order valence-corrected chi connectivity index (χ4v) is 5.23. The van der Waals surface area contributed by atoms with Crippen LogP contribution in [0.5, 0.6) is 11.5 Å². The second kappa shape index (κ2) is 8.72. The molecule has 3 heterocycles. The second-order valence-electron chi connectivity index (χ2n) is 6.37. The van der Waals surface area contributed by atoms with Crippen LogP contribution in [0.15, 0.2) is 28.5 Å². The van der Waals surface area contributed by atoms with Crippen molar-refractivity contribution in [3.63, 3.8) is 0 Å². The molecule has 4 rings (SSSR count). The lowest BCUT2D eigenvalue weighted by Crippen LogP contribution is -2.27. The monoisotopic (exact) mass is 562 g/mol. The summed E-state index contributed by atoms with van der Waals surface area (Å²) < 4.78 is 39.7. The van der Waals surface area contributed by atoms with Crippen molar-refractivity contribution in [2.24, 2.45) is 0 Å². The van der Waals surface area contributed by atoms with Crippen LogP contribution in [0.25, 0.3) is 11.2 Å². The molecule has 0 radical (unpaired) electrons. The smallest absolute Gasteiger partial charge is 0.231 e. The van der Waals surface area contributed by atoms with E-state index in [4.69, 9.17) is 15.2 Å². The maximum atomic E-state index is 11.7. The maximum Gasteiger partial charge on any atom is 0.231 e. The third-order valence-electron chi connectivity index (χ3n) is 4.41. The molecule has 13 heteroatoms. The van der Waals surface area contributed by atoms with E-state index in [9.17, 15) is 8.42 Å². The van der Waals surface area contributed by atoms with Gasteiger partial charge in [-0.15, -0.1) is 0 Å². The van der Waals surface area contributed by atoms with E-state index in [1.807, 2.05) is 16.7 Å². The highest BCUT2D eigenvalue weighted by atomic mass is 127. The van der Waals surface area contributed by atoms with Gasteiger partial charge in [-0.2, -0.15) is 0 Å². The third kappa shape index (κ3) is 4.43. The zero-order chi connectivity index (χ0) is 21.3. The van der Waals surface area contributed by atoms with Crippen LogP contribution in [0, 0.1) is 3.57 Å². The predicted molar refractivity (Wildman–Crippen MR) is 121 cm³/mol. The van der Waals surface area contributed by atoms with Crippen molar-refractivity contribution in [3.8, 4) is 11.5 Å². The molecule has 30 heavy (non-hydrogen) atoms. The van der Waals surface area contributed by atoms with Crippen molar-refractivity contribution in [2.75, 3.05) is 24.8 Å². The number of aromatic nitrogens is 4. The summed E-state index contributed by atoms with van der Waals surface area (Å²) in [5, 5.41) is 0.687. The number of nitrogen functional groups attached to an aromatic ring is 1. The second-order valence-corrected chi connectivity index (χ2v) is 10.6. The highest BCUT2D eigenvalue weighted by Crippen LogP contribution is 2.41. The van der Waals surface area contributed by atoms with Gasteiger partial charge in [0.1, 0.15) is 6.33 Å². The number of hydrogen-bond acceptors (Lipinski definition) is 9. The average Bonchev–Trinajstić information content (AvgIpc) is 3.30. The summed E-state index contributed by atoms with van der Waals surface area (Å²) in [4.78, 5) is 14.0. The van der Waals surface area contributed by atoms with Gasteiger partial charge in [-0.25, -0.2) is 28.1 Å². The van der Waals surface area contributed by atoms with Crippen molar-refractivity contribution in [1.29, 1.82) is 0 Å². The van der Waals surface area contributed by atoms with E-state index in [0.717, 1.165) is 14.2 Å². The molecule has 0 aliphatic carbocycles. The number of nitrogens with two attached hydrogens (primary N) is 1. The van der Waals surface area contributed by atoms with Crippen molar-refractivity contribution in [3.05, 3.63) is 22.0 Å². The van der Waals surface area contributed by atoms with Gasteiger partial charge in [-0.1, -0.05) is 11.8 Å². The zero-order valence-corrected chi connectivity index (χ0v) is 19.8. The average molecular weight is 562 g/mol. The fraction of sp³-hybridized carbons (Fsp3) is 0.353. The fourth-order valence-electron chi connectivity index (χ4n) is 2.86. The molecule has 2 aromatic heterocycles. The number of aryl methyl sites for hydroxylation is 1. The molecule has 1 aliphatic heterocycles. The lowest BCUT2D eigenvalue weighted by atomic mass is 10.3. The molecule has 160 valence electrons. The molecule has 3 N–H and O–H groups in total. The van der Waals surface area contributed by atoms with Gasteiger partial charge in [-0.3, -0.25) is 0 Å². The molecule has 0 bridgehead atoms. The number of nitrogens with zero attached hydrogens (tertiary/aromatic N) is 4. The first kappa shape index (κ1) is 21.4. The topological polar surface area (TPSA) is 134 Å². The summed E-state index contributed by atoms with van der Waals surface area (Å²) in [7, 11) is -3.23. The standard InChI is InChI=1S/C17H19IN6O4S2/c1-2-30(25,26)22-4-3-5-24-16-14(15(19)20-8-21-16)23-17(24)29-13-7-12-11(6-10(13)18)27-9-28-12/h6-8,22H,2-5,9H2,1H3,(H2,19,20,21). The van der Waals surface area contributed by atoms with E-state index in [2.05, 4.69) is 42.3 Å². The molecule has 1 aromatic carbocycles. The first-order valence-corrected chi connectivity index (χ1v) is 12.6. The Morgan fingerprint density at radius 3 is 2.83 bits per heavy atom. The highest BCUT2D eigenvalue weighted by molar-refractivity contribution is 14.1. The van der Waals surface area contributed by atoms with Crippen LogP contribution in [0.2, 0.25) is 0 Å². The number of fused-ring (bicyclic) bond motifs is 2. The minimum Gasteiger partial charge on any atom is -0.454 e. The van der Waals surface area contributed by atoms with Crippen molar-refractivity contribution in [1.82, 2.24) is 24.2 Å². The van der Waals surface area contributed by atoms with Crippen LogP contribution >= 0.6 is 34.4 Å². The van der Waals surface area contributed by atoms with Crippen LogP contribution in [0.1, 0.15) is 13.3 Å². The molecule has 1 aliphatic rings. The summed E-state index contributed by atoms with van der Waals surface area (Å²) in [6.07, 6.45) is 1.97. The number of hydrogen-bond donors (Lipinski definition) is 2. The summed E-state index contributed by atoms with van der Waals surface area (Å²) in [5.41, 5.74) is 7.13. The SMILES string of the molecule is CCS(=O)(=O)NCCCn1c(Sc2cc3c(cc2I)OCO3)nc2c(N)ncnc21. The number of halogens is 1. The van der Waals surface area contributed by atoms with Gasteiger partial charge in [0.15, 0.2) is 33.6 Å². The Balaban J connectivity index is 1.62. The van der Waals surface area contributed by atoms with E-state index in [-0.39, 0.29) is 12.5 Å². The Kier molecular flexibility index (Phi) is 6.22. The first-order valence-electron chi connectivity index (χ1n) is 9.09. The van der Waals surface area contributed by atoms with Gasteiger partial charge >= 0.3 is 0 Å². The van der Waals surface area contributed by atoms with E-state index < -0.39 is 10.0 Å². The summed E-state index contributed by atoms with van der Waals surface area (Å²) >= 11 is 3.70. The van der Waals surface area contributed by atoms with Crippen molar-refractivity contribution >= 4 is 61.4 Å². The Bertz CT molecular complexity index is 1200. The number of nitrogens with one attached hydrogen (secondary N) is 1. The minimum atomic E-state index is -3.23. The number of benzene rings is 1. The first-order chi connectivity index (χ1) is 14.4. The molecule has 0 saturated heterocycles. The molecular formula is C17H19IN6O4S2. The number of rotatable bonds is 8. The van der Waals surface area contributed by atoms with Crippen molar-refractivity contribution in [2.45, 2.75) is 29.9 Å². The molecule has 0 atom stereocenters. The van der Waals surface area contributed by atoms with Gasteiger partial charge in [0, 0.05) is 21.6 Å². The van der Waals surface area contributed by atoms with Crippen LogP contribution in [0.3, 0.4) is 0 Å². The number of anilines is 1. The summed E-state index contributed by atoms with van der Waals surface area (Å²) in [5.74, 6) is 1.76. The maximum absolute atomic E-state index is 11.7. The Labute approximate surface area is 191 Å². The molecule has 0 fully saturated rings. The summed E-state index contributed by atoms with van der Waals surface area (Å²) in [6, 6.07) is 3.84. The largest absolute Gasteiger partial charge is 0.454 e. The van der Waals surface area contributed by atoms with Gasteiger partial charge in [-0.05, 0) is 48.1 Å². The van der Waals surface area contributed by atoms with Crippen LogP contribution < -0.4 is 19.9 Å². The number of ether oxygens (including phenoxy) is 2. The molecule has 0 unspecified atom stereocenters. The molecule has 3 aromatic rings. The van der Waals surface area contributed by atoms with Gasteiger partial charge in [0.25, 0.3) is 0 Å². The Morgan fingerprint density at radius 2 is 2.07 bits per heavy atom. The van der Waals surface area contributed by atoms with Gasteiger partial charge in [0.05, 0.1) is 5.75 Å². The lowest BCUT2D eigenvalue weighted by molar-refractivity contribution is 0.174. The third-order valence-corrected chi connectivity index (χ3v) is 8.13. The minimum absolute atomic E-state index is 0.0500. The molecule has 10 nitrogen and oxygen atoms in total. The predicted octanol–water partition coefficient (Wildman–Crippen LogP) is 2.22. The van der Waals surface area contributed by atoms with E-state index in [1.165, 1.54) is 18.1 Å². The molecule has 0 amide bonds. The number of sulfonamides is 1. The highest BCUT2D eigenvalue weighted by Gasteiger charge is 2.20. The van der Waals surface area contributed by atoms with Gasteiger partial charge in [0.2, 0.25) is 16.8 Å². The molecular weight excluding hydrogens is 543 g/mol. The Morgan fingerprint density at radius 1 is 1.30 bits per heavy atom. The van der Waals surface area contributed by atoms with Crippen LogP contribution in [-0.2, 0) is 16.6 Å². The van der Waals surface area contributed by atoms with E-state index in [1.54, 1.807) is 6.92 Å². The van der Waals surface area contributed by atoms with E-state index in [0.29, 0.717) is 47.4 Å². The summed E-state index contributed by atoms with van der Waals surface area (Å²) in [6.45, 7) is 2.65.